The zero-order valence-corrected chi connectivity index (χ0v) is 9.59. The number of nitrogens with zero attached hydrogens (tertiary/aromatic N) is 3. The Kier molecular flexibility index (Phi) is 2.14. The Morgan fingerprint density at radius 1 is 1.29 bits per heavy atom. The minimum absolute atomic E-state index is 0.0422. The lowest BCUT2D eigenvalue weighted by Crippen LogP contribution is -2.37. The molecule has 2 amide bonds. The van der Waals surface area contributed by atoms with Crippen molar-refractivity contribution < 1.29 is 9.59 Å². The molecule has 0 radical (unpaired) electrons. The van der Waals surface area contributed by atoms with Gasteiger partial charge in [0.25, 0.3) is 0 Å². The molecular weight excluding hydrogens is 218 g/mol. The predicted molar refractivity (Wildman–Crippen MR) is 61.2 cm³/mol. The smallest absolute Gasteiger partial charge is 0.249 e. The van der Waals surface area contributed by atoms with Crippen LogP contribution in [0.15, 0.2) is 18.3 Å². The highest BCUT2D eigenvalue weighted by molar-refractivity contribution is 6.01. The van der Waals surface area contributed by atoms with Crippen molar-refractivity contribution >= 4 is 17.6 Å². The largest absolute Gasteiger partial charge is 0.312 e. The molecule has 5 nitrogen and oxygen atoms in total. The van der Waals surface area contributed by atoms with E-state index in [9.17, 15) is 9.59 Å². The quantitative estimate of drug-likeness (QED) is 0.714. The Morgan fingerprint density at radius 3 is 2.82 bits per heavy atom. The molecule has 0 spiro atoms. The molecule has 88 valence electrons. The molecule has 1 aromatic rings. The lowest BCUT2D eigenvalue weighted by Gasteiger charge is -2.22. The van der Waals surface area contributed by atoms with E-state index in [0.717, 1.165) is 5.56 Å². The number of aryl methyl sites for hydroxylation is 1. The van der Waals surface area contributed by atoms with E-state index in [1.807, 2.05) is 19.1 Å². The Hall–Kier alpha value is -1.91. The number of carbonyl (C=O) groups excluding carboxylic acids is 2. The summed E-state index contributed by atoms with van der Waals surface area (Å²) in [6.45, 7) is 2.15. The van der Waals surface area contributed by atoms with Crippen LogP contribution in [0.2, 0.25) is 0 Å². The summed E-state index contributed by atoms with van der Waals surface area (Å²) in [5, 5.41) is 0. The summed E-state index contributed by atoms with van der Waals surface area (Å²) in [4.78, 5) is 31.0. The van der Waals surface area contributed by atoms with E-state index in [1.165, 1.54) is 0 Å². The summed E-state index contributed by atoms with van der Waals surface area (Å²) in [6, 6.07) is 3.76. The van der Waals surface area contributed by atoms with Crippen LogP contribution in [0.4, 0.5) is 5.82 Å². The third-order valence-electron chi connectivity index (χ3n) is 3.31. The second-order valence-corrected chi connectivity index (χ2v) is 4.50. The molecule has 3 heterocycles. The predicted octanol–water partition coefficient (Wildman–Crippen LogP) is 0.685. The van der Waals surface area contributed by atoms with Crippen LogP contribution in [0.25, 0.3) is 0 Å². The first-order valence-electron chi connectivity index (χ1n) is 5.71. The number of hydrogen-bond acceptors (Lipinski definition) is 3. The number of fused-ring (bicyclic) bond motifs is 1. The summed E-state index contributed by atoms with van der Waals surface area (Å²) < 4.78 is 0. The maximum Gasteiger partial charge on any atom is 0.249 e. The Labute approximate surface area is 99.0 Å². The first-order valence-corrected chi connectivity index (χ1v) is 5.71. The molecule has 1 atom stereocenters. The molecule has 2 saturated heterocycles. The molecule has 0 bridgehead atoms. The van der Waals surface area contributed by atoms with Crippen LogP contribution in [-0.4, -0.2) is 34.4 Å². The van der Waals surface area contributed by atoms with Crippen LogP contribution in [0.5, 0.6) is 0 Å². The molecule has 2 aliphatic heterocycles. The Balaban J connectivity index is 1.95. The van der Waals surface area contributed by atoms with Crippen molar-refractivity contribution in [2.45, 2.75) is 25.9 Å². The van der Waals surface area contributed by atoms with Crippen molar-refractivity contribution in [3.05, 3.63) is 23.9 Å². The maximum absolute atomic E-state index is 11.9. The number of hydrogen-bond donors (Lipinski definition) is 0. The average molecular weight is 231 g/mol. The topological polar surface area (TPSA) is 53.5 Å². The van der Waals surface area contributed by atoms with Crippen LogP contribution in [0, 0.1) is 6.92 Å². The normalized spacial score (nSPS) is 23.5. The van der Waals surface area contributed by atoms with E-state index in [4.69, 9.17) is 0 Å². The molecule has 0 aromatic carbocycles. The van der Waals surface area contributed by atoms with Crippen molar-refractivity contribution in [3.8, 4) is 0 Å². The summed E-state index contributed by atoms with van der Waals surface area (Å²) in [5.41, 5.74) is 1.06. The SMILES string of the molecule is Cc1ccc(N2C(=O)CN3C(=O)CCC32)nc1. The standard InChI is InChI=1S/C12H13N3O2/c1-8-2-3-9(13-6-8)15-10-4-5-11(16)14(10)7-12(15)17/h2-3,6,10H,4-5,7H2,1H3. The van der Waals surface area contributed by atoms with E-state index in [-0.39, 0.29) is 24.5 Å². The summed E-state index contributed by atoms with van der Waals surface area (Å²) in [5.74, 6) is 0.667. The lowest BCUT2D eigenvalue weighted by molar-refractivity contribution is -0.129. The maximum atomic E-state index is 11.9. The molecule has 0 aliphatic carbocycles. The van der Waals surface area contributed by atoms with Crippen molar-refractivity contribution in [2.75, 3.05) is 11.4 Å². The monoisotopic (exact) mass is 231 g/mol. The van der Waals surface area contributed by atoms with Gasteiger partial charge in [-0.3, -0.25) is 14.5 Å². The van der Waals surface area contributed by atoms with Gasteiger partial charge in [-0.1, -0.05) is 6.07 Å². The van der Waals surface area contributed by atoms with Gasteiger partial charge >= 0.3 is 0 Å². The van der Waals surface area contributed by atoms with E-state index < -0.39 is 0 Å². The highest BCUT2D eigenvalue weighted by Gasteiger charge is 2.45. The summed E-state index contributed by atoms with van der Waals surface area (Å²) in [7, 11) is 0. The van der Waals surface area contributed by atoms with Crippen molar-refractivity contribution in [3.63, 3.8) is 0 Å². The third kappa shape index (κ3) is 1.50. The van der Waals surface area contributed by atoms with E-state index in [1.54, 1.807) is 16.0 Å². The van der Waals surface area contributed by atoms with Crippen molar-refractivity contribution in [1.82, 2.24) is 9.88 Å². The first-order chi connectivity index (χ1) is 8.16. The minimum Gasteiger partial charge on any atom is -0.312 e. The van der Waals surface area contributed by atoms with E-state index in [0.29, 0.717) is 18.7 Å². The number of pyridine rings is 1. The number of carbonyl (C=O) groups is 2. The number of rotatable bonds is 1. The molecule has 2 fully saturated rings. The second kappa shape index (κ2) is 3.55. The molecule has 3 rings (SSSR count). The molecular formula is C12H13N3O2. The summed E-state index contributed by atoms with van der Waals surface area (Å²) in [6.07, 6.45) is 2.85. The fourth-order valence-corrected chi connectivity index (χ4v) is 2.45. The Morgan fingerprint density at radius 2 is 2.12 bits per heavy atom. The fraction of sp³-hybridized carbons (Fsp3) is 0.417. The molecule has 1 aromatic heterocycles. The molecule has 0 saturated carbocycles. The van der Waals surface area contributed by atoms with Gasteiger partial charge in [0.05, 0.1) is 0 Å². The van der Waals surface area contributed by atoms with Crippen LogP contribution >= 0.6 is 0 Å². The molecule has 17 heavy (non-hydrogen) atoms. The van der Waals surface area contributed by atoms with Crippen LogP contribution in [0.3, 0.4) is 0 Å². The van der Waals surface area contributed by atoms with Gasteiger partial charge in [0, 0.05) is 12.6 Å². The van der Waals surface area contributed by atoms with Gasteiger partial charge in [-0.15, -0.1) is 0 Å². The Bertz CT molecular complexity index is 483. The first kappa shape index (κ1) is 10.3. The van der Waals surface area contributed by atoms with E-state index in [2.05, 4.69) is 4.98 Å². The van der Waals surface area contributed by atoms with Crippen LogP contribution in [0.1, 0.15) is 18.4 Å². The number of anilines is 1. The van der Waals surface area contributed by atoms with Crippen molar-refractivity contribution in [1.29, 1.82) is 0 Å². The van der Waals surface area contributed by atoms with Gasteiger partial charge in [-0.2, -0.15) is 0 Å². The van der Waals surface area contributed by atoms with Gasteiger partial charge in [-0.25, -0.2) is 4.98 Å². The zero-order chi connectivity index (χ0) is 12.0. The highest BCUT2D eigenvalue weighted by atomic mass is 16.2. The number of aromatic nitrogens is 1. The average Bonchev–Trinajstić information content (AvgIpc) is 2.81. The van der Waals surface area contributed by atoms with Gasteiger partial charge in [0.1, 0.15) is 18.5 Å². The van der Waals surface area contributed by atoms with Gasteiger partial charge in [0.2, 0.25) is 11.8 Å². The van der Waals surface area contributed by atoms with Gasteiger partial charge in [-0.05, 0) is 25.0 Å². The molecule has 0 N–H and O–H groups in total. The summed E-state index contributed by atoms with van der Waals surface area (Å²) >= 11 is 0. The minimum atomic E-state index is -0.120. The molecule has 5 heteroatoms. The van der Waals surface area contributed by atoms with Gasteiger partial charge in [0.15, 0.2) is 0 Å². The highest BCUT2D eigenvalue weighted by Crippen LogP contribution is 2.30. The van der Waals surface area contributed by atoms with Crippen LogP contribution in [-0.2, 0) is 9.59 Å². The molecule has 1 unspecified atom stereocenters. The second-order valence-electron chi connectivity index (χ2n) is 4.50. The number of amides is 2. The van der Waals surface area contributed by atoms with Crippen molar-refractivity contribution in [2.24, 2.45) is 0 Å². The van der Waals surface area contributed by atoms with Gasteiger partial charge < -0.3 is 4.90 Å². The third-order valence-corrected chi connectivity index (χ3v) is 3.31. The lowest BCUT2D eigenvalue weighted by atomic mass is 10.2. The zero-order valence-electron chi connectivity index (χ0n) is 9.59. The van der Waals surface area contributed by atoms with E-state index >= 15 is 0 Å². The fourth-order valence-electron chi connectivity index (χ4n) is 2.45. The molecule has 2 aliphatic rings. The van der Waals surface area contributed by atoms with Crippen LogP contribution < -0.4 is 4.90 Å².